The van der Waals surface area contributed by atoms with E-state index in [4.69, 9.17) is 9.15 Å². The molecule has 1 amide bonds. The molecule has 2 fully saturated rings. The second kappa shape index (κ2) is 10.5. The van der Waals surface area contributed by atoms with Crippen LogP contribution in [0.1, 0.15) is 6.04 Å². The van der Waals surface area contributed by atoms with Crippen molar-refractivity contribution in [2.24, 2.45) is 0 Å². The van der Waals surface area contributed by atoms with Crippen LogP contribution in [0.4, 0.5) is 10.1 Å². The first-order valence-corrected chi connectivity index (χ1v) is 12.8. The number of benzene rings is 2. The van der Waals surface area contributed by atoms with Crippen LogP contribution < -0.4 is 10.7 Å². The van der Waals surface area contributed by atoms with Crippen molar-refractivity contribution in [2.75, 3.05) is 37.7 Å². The molecule has 6 rings (SSSR count). The van der Waals surface area contributed by atoms with E-state index in [0.717, 1.165) is 5.69 Å². The number of carbonyl (C=O) groups is 1. The van der Waals surface area contributed by atoms with Gasteiger partial charge < -0.3 is 34.3 Å². The van der Waals surface area contributed by atoms with Crippen LogP contribution in [0.25, 0.3) is 22.4 Å². The number of halogens is 1. The Morgan fingerprint density at radius 1 is 1.10 bits per heavy atom. The molecule has 13 nitrogen and oxygen atoms in total. The quantitative estimate of drug-likeness (QED) is 0.261. The van der Waals surface area contributed by atoms with Crippen LogP contribution in [0.15, 0.2) is 57.9 Å². The van der Waals surface area contributed by atoms with E-state index >= 15 is 0 Å². The van der Waals surface area contributed by atoms with Crippen molar-refractivity contribution in [3.8, 4) is 11.3 Å². The maximum absolute atomic E-state index is 13.7. The van der Waals surface area contributed by atoms with Gasteiger partial charge in [0, 0.05) is 43.5 Å². The van der Waals surface area contributed by atoms with Crippen molar-refractivity contribution in [2.45, 2.75) is 30.5 Å². The highest BCUT2D eigenvalue weighted by Gasteiger charge is 2.49. The first-order chi connectivity index (χ1) is 19.3. The largest absolute Gasteiger partial charge is 0.417 e. The number of aromatic amines is 1. The fourth-order valence-electron chi connectivity index (χ4n) is 5.32. The fraction of sp³-hybridized carbons (Fsp3) is 0.385. The molecule has 14 heteroatoms. The van der Waals surface area contributed by atoms with Crippen molar-refractivity contribution in [1.29, 1.82) is 0 Å². The fourth-order valence-corrected chi connectivity index (χ4v) is 5.32. The molecular formula is C26H27FN6O7. The first-order valence-electron chi connectivity index (χ1n) is 12.8. The van der Waals surface area contributed by atoms with Gasteiger partial charge in [0.15, 0.2) is 11.7 Å². The molecule has 2 aliphatic rings. The summed E-state index contributed by atoms with van der Waals surface area (Å²) in [5.41, 5.74) is 2.62. The van der Waals surface area contributed by atoms with Crippen LogP contribution in [-0.4, -0.2) is 103 Å². The number of hydrogen-bond acceptors (Lipinski definition) is 10. The Labute approximate surface area is 226 Å². The molecule has 4 heterocycles. The number of fused-ring (bicyclic) bond motifs is 1. The van der Waals surface area contributed by atoms with Gasteiger partial charge in [0.1, 0.15) is 35.9 Å². The summed E-state index contributed by atoms with van der Waals surface area (Å²) in [4.78, 5) is 31.2. The Balaban J connectivity index is 1.17. The number of hydrogen-bond donors (Lipinski definition) is 4. The number of nitrogens with one attached hydrogen (secondary N) is 1. The van der Waals surface area contributed by atoms with Gasteiger partial charge in [-0.3, -0.25) is 9.78 Å². The minimum absolute atomic E-state index is 0.307. The maximum atomic E-state index is 13.7. The normalized spacial score (nSPS) is 25.4. The zero-order valence-corrected chi connectivity index (χ0v) is 21.1. The molecule has 4 N–H and O–H groups in total. The SMILES string of the molecule is O=C([C@@H]1O[C@H](CO)[C@H](O)[C@H](n2cc(-c3cccc(F)c3)nn2)[C@H]1O)N1CCN(c2ccc3[nH]c(=O)oc3c2)CC1. The van der Waals surface area contributed by atoms with Gasteiger partial charge in [-0.1, -0.05) is 17.3 Å². The third kappa shape index (κ3) is 4.75. The number of amides is 1. The predicted molar refractivity (Wildman–Crippen MR) is 138 cm³/mol. The third-order valence-corrected chi connectivity index (χ3v) is 7.43. The summed E-state index contributed by atoms with van der Waals surface area (Å²) in [6.07, 6.45) is -4.00. The van der Waals surface area contributed by atoms with Gasteiger partial charge >= 0.3 is 5.76 Å². The Kier molecular flexibility index (Phi) is 6.83. The molecule has 0 radical (unpaired) electrons. The van der Waals surface area contributed by atoms with Crippen LogP contribution in [-0.2, 0) is 9.53 Å². The van der Waals surface area contributed by atoms with E-state index in [2.05, 4.69) is 15.3 Å². The van der Waals surface area contributed by atoms with Crippen molar-refractivity contribution in [3.05, 3.63) is 65.0 Å². The minimum Gasteiger partial charge on any atom is -0.408 e. The molecule has 4 aromatic rings. The summed E-state index contributed by atoms with van der Waals surface area (Å²) in [6.45, 7) is 1.01. The summed E-state index contributed by atoms with van der Waals surface area (Å²) in [5.74, 6) is -1.48. The second-order valence-electron chi connectivity index (χ2n) is 9.85. The lowest BCUT2D eigenvalue weighted by Crippen LogP contribution is -2.62. The second-order valence-corrected chi connectivity index (χ2v) is 9.85. The molecule has 2 saturated heterocycles. The summed E-state index contributed by atoms with van der Waals surface area (Å²) < 4.78 is 25.7. The molecular weight excluding hydrogens is 527 g/mol. The predicted octanol–water partition coefficient (Wildman–Crippen LogP) is -0.110. The number of carbonyl (C=O) groups excluding carboxylic acids is 1. The van der Waals surface area contributed by atoms with Crippen molar-refractivity contribution >= 4 is 22.7 Å². The van der Waals surface area contributed by atoms with E-state index in [9.17, 15) is 29.3 Å². The summed E-state index contributed by atoms with van der Waals surface area (Å²) in [5, 5.41) is 40.0. The van der Waals surface area contributed by atoms with E-state index in [1.165, 1.54) is 29.1 Å². The standard InChI is InChI=1S/C26H27FN6O7/c27-15-3-1-2-14(10-15)18-12-33(30-29-18)21-22(35)20(13-34)39-24(23(21)36)25(37)32-8-6-31(7-9-32)16-4-5-17-19(11-16)40-26(38)28-17/h1-5,10-12,20-24,34-36H,6-9,13H2,(H,28,38)/t20-,21+,22+,23-,24-/m1/s1. The summed E-state index contributed by atoms with van der Waals surface area (Å²) >= 11 is 0. The van der Waals surface area contributed by atoms with Gasteiger partial charge in [0.25, 0.3) is 5.91 Å². The molecule has 2 aromatic carbocycles. The lowest BCUT2D eigenvalue weighted by molar-refractivity contribution is -0.211. The highest BCUT2D eigenvalue weighted by Crippen LogP contribution is 2.32. The van der Waals surface area contributed by atoms with E-state index in [1.807, 2.05) is 11.0 Å². The Bertz CT molecular complexity index is 1580. The van der Waals surface area contributed by atoms with E-state index < -0.39 is 54.5 Å². The smallest absolute Gasteiger partial charge is 0.408 e. The zero-order chi connectivity index (χ0) is 28.0. The van der Waals surface area contributed by atoms with Crippen LogP contribution in [0, 0.1) is 5.82 Å². The Morgan fingerprint density at radius 2 is 1.90 bits per heavy atom. The molecule has 0 unspecified atom stereocenters. The average molecular weight is 555 g/mol. The van der Waals surface area contributed by atoms with Crippen molar-refractivity contribution in [3.63, 3.8) is 0 Å². The zero-order valence-electron chi connectivity index (χ0n) is 21.1. The molecule has 210 valence electrons. The molecule has 40 heavy (non-hydrogen) atoms. The van der Waals surface area contributed by atoms with Crippen LogP contribution in [0.2, 0.25) is 0 Å². The van der Waals surface area contributed by atoms with Crippen LogP contribution >= 0.6 is 0 Å². The number of piperazine rings is 1. The Hall–Kier alpha value is -4.11. The van der Waals surface area contributed by atoms with Gasteiger partial charge in [0.05, 0.1) is 18.3 Å². The Morgan fingerprint density at radius 3 is 2.65 bits per heavy atom. The topological polar surface area (TPSA) is 170 Å². The molecule has 0 saturated carbocycles. The number of aliphatic hydroxyl groups excluding tert-OH is 3. The van der Waals surface area contributed by atoms with Crippen LogP contribution in [0.5, 0.6) is 0 Å². The highest BCUT2D eigenvalue weighted by molar-refractivity contribution is 5.82. The number of oxazole rings is 1. The number of anilines is 1. The van der Waals surface area contributed by atoms with Gasteiger partial charge in [-0.15, -0.1) is 5.10 Å². The van der Waals surface area contributed by atoms with E-state index in [0.29, 0.717) is 48.5 Å². The average Bonchev–Trinajstić information content (AvgIpc) is 3.59. The highest BCUT2D eigenvalue weighted by atomic mass is 19.1. The van der Waals surface area contributed by atoms with E-state index in [1.54, 1.807) is 23.1 Å². The lowest BCUT2D eigenvalue weighted by atomic mass is 9.91. The maximum Gasteiger partial charge on any atom is 0.417 e. The molecule has 5 atom stereocenters. The van der Waals surface area contributed by atoms with Gasteiger partial charge in [0.2, 0.25) is 0 Å². The molecule has 2 aliphatic heterocycles. The number of rotatable bonds is 5. The summed E-state index contributed by atoms with van der Waals surface area (Å²) in [7, 11) is 0. The van der Waals surface area contributed by atoms with Crippen molar-refractivity contribution < 1.29 is 33.7 Å². The molecule has 0 spiro atoms. The number of H-pyrrole nitrogens is 1. The molecule has 0 bridgehead atoms. The molecule has 0 aliphatic carbocycles. The number of nitrogens with zero attached hydrogens (tertiary/aromatic N) is 5. The first kappa shape index (κ1) is 26.1. The lowest BCUT2D eigenvalue weighted by Gasteiger charge is -2.44. The van der Waals surface area contributed by atoms with Crippen molar-refractivity contribution in [1.82, 2.24) is 24.9 Å². The van der Waals surface area contributed by atoms with Gasteiger partial charge in [-0.2, -0.15) is 0 Å². The number of ether oxygens (including phenoxy) is 1. The number of aliphatic hydroxyl groups is 3. The molecule has 2 aromatic heterocycles. The van der Waals surface area contributed by atoms with Gasteiger partial charge in [-0.05, 0) is 24.3 Å². The third-order valence-electron chi connectivity index (χ3n) is 7.43. The monoisotopic (exact) mass is 554 g/mol. The summed E-state index contributed by atoms with van der Waals surface area (Å²) in [6, 6.07) is 9.95. The van der Waals surface area contributed by atoms with Crippen LogP contribution in [0.3, 0.4) is 0 Å². The van der Waals surface area contributed by atoms with E-state index in [-0.39, 0.29) is 0 Å². The van der Waals surface area contributed by atoms with Gasteiger partial charge in [-0.25, -0.2) is 13.9 Å². The minimum atomic E-state index is -1.51. The number of aromatic nitrogens is 4.